The van der Waals surface area contributed by atoms with Crippen LogP contribution in [0, 0.1) is 12.3 Å². The van der Waals surface area contributed by atoms with Gasteiger partial charge in [-0.05, 0) is 44.0 Å². The van der Waals surface area contributed by atoms with Crippen molar-refractivity contribution < 1.29 is 31.9 Å². The zero-order chi connectivity index (χ0) is 29.0. The number of terminal acetylenes is 1. The number of carbonyl (C=O) groups excluding carboxylic acids is 3. The minimum atomic E-state index is -4.66. The van der Waals surface area contributed by atoms with E-state index in [4.69, 9.17) is 6.42 Å². The number of benzene rings is 2. The van der Waals surface area contributed by atoms with Crippen molar-refractivity contribution in [2.75, 3.05) is 11.9 Å². The van der Waals surface area contributed by atoms with Crippen LogP contribution < -0.4 is 10.6 Å². The number of nitrogens with one attached hydrogen (secondary N) is 3. The van der Waals surface area contributed by atoms with Crippen molar-refractivity contribution >= 4 is 34.3 Å². The molecule has 0 radical (unpaired) electrons. The van der Waals surface area contributed by atoms with Gasteiger partial charge in [-0.3, -0.25) is 14.4 Å². The number of fused-ring (bicyclic) bond motifs is 3. The number of carbonyl (C=O) groups is 3. The van der Waals surface area contributed by atoms with Crippen LogP contribution in [0.3, 0.4) is 0 Å². The van der Waals surface area contributed by atoms with Crippen LogP contribution in [0.25, 0.3) is 10.9 Å². The lowest BCUT2D eigenvalue weighted by molar-refractivity contribution is -0.136. The Morgan fingerprint density at radius 1 is 1.18 bits per heavy atom. The quantitative estimate of drug-likeness (QED) is 0.319. The molecule has 1 spiro atoms. The second-order valence-electron chi connectivity index (χ2n) is 10.8. The van der Waals surface area contributed by atoms with E-state index < -0.39 is 53.1 Å². The maximum absolute atomic E-state index is 14.9. The fourth-order valence-electron chi connectivity index (χ4n) is 5.66. The second-order valence-corrected chi connectivity index (χ2v) is 10.8. The van der Waals surface area contributed by atoms with Gasteiger partial charge in [-0.2, -0.15) is 13.2 Å². The van der Waals surface area contributed by atoms with Gasteiger partial charge in [0.15, 0.2) is 0 Å². The number of hydrogen-bond acceptors (Lipinski definition) is 3. The molecule has 3 N–H and O–H groups in total. The number of hydrogen-bond donors (Lipinski definition) is 3. The summed E-state index contributed by atoms with van der Waals surface area (Å²) in [7, 11) is 0. The number of anilines is 1. The lowest BCUT2D eigenvalue weighted by Crippen LogP contribution is -2.52. The molecule has 1 unspecified atom stereocenters. The van der Waals surface area contributed by atoms with Crippen LogP contribution in [-0.4, -0.2) is 51.9 Å². The Labute approximate surface area is 227 Å². The number of H-pyrrole nitrogens is 1. The van der Waals surface area contributed by atoms with Gasteiger partial charge in [0.25, 0.3) is 5.91 Å². The Balaban J connectivity index is 1.45. The molecule has 5 rings (SSSR count). The van der Waals surface area contributed by atoms with Crippen LogP contribution in [0.1, 0.15) is 48.3 Å². The molecular formula is C29H26F4N4O3. The normalized spacial score (nSPS) is 21.3. The van der Waals surface area contributed by atoms with E-state index in [0.717, 1.165) is 6.07 Å². The topological polar surface area (TPSA) is 94.3 Å². The number of likely N-dealkylation sites (tertiary alicyclic amines) is 1. The third-order valence-corrected chi connectivity index (χ3v) is 7.46. The van der Waals surface area contributed by atoms with Crippen molar-refractivity contribution in [3.63, 3.8) is 0 Å². The summed E-state index contributed by atoms with van der Waals surface area (Å²) in [4.78, 5) is 43.9. The highest BCUT2D eigenvalue weighted by Gasteiger charge is 2.56. The van der Waals surface area contributed by atoms with E-state index >= 15 is 0 Å². The van der Waals surface area contributed by atoms with Gasteiger partial charge in [0, 0.05) is 24.0 Å². The minimum Gasteiger partial charge on any atom is -0.350 e. The van der Waals surface area contributed by atoms with Gasteiger partial charge < -0.3 is 20.5 Å². The van der Waals surface area contributed by atoms with E-state index in [1.807, 2.05) is 0 Å². The molecule has 40 heavy (non-hydrogen) atoms. The Bertz CT molecular complexity index is 1570. The van der Waals surface area contributed by atoms with Crippen molar-refractivity contribution in [3.05, 3.63) is 65.4 Å². The molecule has 2 aromatic carbocycles. The molecule has 0 saturated carbocycles. The smallest absolute Gasteiger partial charge is 0.350 e. The molecule has 2 aliphatic heterocycles. The maximum Gasteiger partial charge on any atom is 0.418 e. The van der Waals surface area contributed by atoms with E-state index in [1.165, 1.54) is 36.9 Å². The first-order valence-electron chi connectivity index (χ1n) is 12.6. The van der Waals surface area contributed by atoms with Gasteiger partial charge in [-0.25, -0.2) is 4.39 Å². The molecule has 3 heterocycles. The molecule has 7 nitrogen and oxygen atoms in total. The highest BCUT2D eigenvalue weighted by Crippen LogP contribution is 2.46. The summed E-state index contributed by atoms with van der Waals surface area (Å²) in [6.45, 7) is 2.40. The molecule has 1 fully saturated rings. The molecule has 2 aliphatic rings. The SMILES string of the molecule is C#C[C@@H]1C[C@@]2(CN1C(=O)C(CC(C)(C)F)NC(=O)c1cc3cccc(C(F)(F)F)c3[nH]1)C(=O)Nc1ccccc12. The zero-order valence-corrected chi connectivity index (χ0v) is 21.7. The number of nitrogens with zero attached hydrogens (tertiary/aromatic N) is 1. The summed E-state index contributed by atoms with van der Waals surface area (Å²) in [5, 5.41) is 5.46. The highest BCUT2D eigenvalue weighted by molar-refractivity contribution is 6.07. The zero-order valence-electron chi connectivity index (χ0n) is 21.7. The van der Waals surface area contributed by atoms with Crippen molar-refractivity contribution in [2.45, 2.75) is 56.0 Å². The number of aromatic nitrogens is 1. The van der Waals surface area contributed by atoms with Gasteiger partial charge in [0.2, 0.25) is 11.8 Å². The molecule has 1 aromatic heterocycles. The summed E-state index contributed by atoms with van der Waals surface area (Å²) >= 11 is 0. The fourth-order valence-corrected chi connectivity index (χ4v) is 5.66. The highest BCUT2D eigenvalue weighted by atomic mass is 19.4. The fraction of sp³-hybridized carbons (Fsp3) is 0.345. The van der Waals surface area contributed by atoms with Gasteiger partial charge in [0.05, 0.1) is 22.5 Å². The Morgan fingerprint density at radius 3 is 2.58 bits per heavy atom. The molecule has 3 amide bonds. The average Bonchev–Trinajstić information content (AvgIpc) is 3.56. The number of para-hydroxylation sites is 2. The van der Waals surface area contributed by atoms with Crippen LogP contribution in [0.15, 0.2) is 48.5 Å². The molecule has 0 aliphatic carbocycles. The Hall–Kier alpha value is -4.33. The van der Waals surface area contributed by atoms with Gasteiger partial charge in [0.1, 0.15) is 17.4 Å². The summed E-state index contributed by atoms with van der Waals surface area (Å²) in [5.74, 6) is 0.655. The predicted octanol–water partition coefficient (Wildman–Crippen LogP) is 4.55. The Morgan fingerprint density at radius 2 is 1.90 bits per heavy atom. The van der Waals surface area contributed by atoms with Crippen molar-refractivity contribution in [1.29, 1.82) is 0 Å². The van der Waals surface area contributed by atoms with Crippen molar-refractivity contribution in [3.8, 4) is 12.3 Å². The van der Waals surface area contributed by atoms with Crippen LogP contribution in [-0.2, 0) is 21.2 Å². The van der Waals surface area contributed by atoms with E-state index in [1.54, 1.807) is 24.3 Å². The standard InChI is InChI=1S/C29H26F4N4O3/c1-4-17-13-28(18-9-5-6-11-20(18)36-26(28)40)15-37(17)25(39)22(14-27(2,3)30)35-24(38)21-12-16-8-7-10-19(23(16)34-21)29(31,32)33/h1,5-12,17,22,34H,13-15H2,2-3H3,(H,35,38)(H,36,40)/t17-,22?,28+/m1/s1. The van der Waals surface area contributed by atoms with Gasteiger partial charge in [-0.1, -0.05) is 36.3 Å². The lowest BCUT2D eigenvalue weighted by Gasteiger charge is -2.30. The average molecular weight is 555 g/mol. The third-order valence-electron chi connectivity index (χ3n) is 7.46. The number of halogens is 4. The van der Waals surface area contributed by atoms with Crippen LogP contribution in [0.5, 0.6) is 0 Å². The largest absolute Gasteiger partial charge is 0.418 e. The number of rotatable bonds is 5. The van der Waals surface area contributed by atoms with Crippen molar-refractivity contribution in [1.82, 2.24) is 15.2 Å². The first-order chi connectivity index (χ1) is 18.7. The van der Waals surface area contributed by atoms with E-state index in [9.17, 15) is 31.9 Å². The molecule has 0 bridgehead atoms. The van der Waals surface area contributed by atoms with E-state index in [2.05, 4.69) is 21.5 Å². The van der Waals surface area contributed by atoms with Gasteiger partial charge in [-0.15, -0.1) is 6.42 Å². The first kappa shape index (κ1) is 27.2. The summed E-state index contributed by atoms with van der Waals surface area (Å²) in [6.07, 6.45) is 0.803. The Kier molecular flexibility index (Phi) is 6.40. The molecule has 11 heteroatoms. The number of aromatic amines is 1. The molecule has 3 aromatic rings. The van der Waals surface area contributed by atoms with Crippen molar-refractivity contribution in [2.24, 2.45) is 0 Å². The molecule has 1 saturated heterocycles. The van der Waals surface area contributed by atoms with E-state index in [0.29, 0.717) is 11.3 Å². The number of amides is 3. The lowest BCUT2D eigenvalue weighted by atomic mass is 9.79. The van der Waals surface area contributed by atoms with Crippen LogP contribution in [0.2, 0.25) is 0 Å². The monoisotopic (exact) mass is 554 g/mol. The maximum atomic E-state index is 14.9. The summed E-state index contributed by atoms with van der Waals surface area (Å²) < 4.78 is 55.2. The minimum absolute atomic E-state index is 0.0794. The molecular weight excluding hydrogens is 528 g/mol. The predicted molar refractivity (Wildman–Crippen MR) is 140 cm³/mol. The van der Waals surface area contributed by atoms with E-state index in [-0.39, 0.29) is 35.5 Å². The second kappa shape index (κ2) is 9.40. The molecule has 208 valence electrons. The van der Waals surface area contributed by atoms with Crippen LogP contribution in [0.4, 0.5) is 23.2 Å². The summed E-state index contributed by atoms with van der Waals surface area (Å²) in [5.41, 5.74) is -3.15. The van der Waals surface area contributed by atoms with Crippen LogP contribution >= 0.6 is 0 Å². The van der Waals surface area contributed by atoms with Gasteiger partial charge >= 0.3 is 6.18 Å². The first-order valence-corrected chi connectivity index (χ1v) is 12.6. The molecule has 3 atom stereocenters. The summed E-state index contributed by atoms with van der Waals surface area (Å²) in [6, 6.07) is 9.60. The third kappa shape index (κ3) is 4.68. The number of alkyl halides is 4.